The van der Waals surface area contributed by atoms with Crippen molar-refractivity contribution >= 4 is 29.2 Å². The molecule has 1 aromatic heterocycles. The van der Waals surface area contributed by atoms with Gasteiger partial charge in [0.15, 0.2) is 11.8 Å². The number of benzene rings is 2. The van der Waals surface area contributed by atoms with Gasteiger partial charge in [-0.05, 0) is 41.5 Å². The normalized spacial score (nSPS) is 11.1. The van der Waals surface area contributed by atoms with Crippen molar-refractivity contribution in [3.8, 4) is 11.1 Å². The Kier molecular flexibility index (Phi) is 6.37. The highest BCUT2D eigenvalue weighted by Crippen LogP contribution is 2.32. The molecule has 3 aromatic rings. The van der Waals surface area contributed by atoms with Crippen molar-refractivity contribution in [3.05, 3.63) is 83.1 Å². The molecule has 0 saturated carbocycles. The standard InChI is InChI=1S/C21H14ClF3N2O3/c22-19-17(6-3-11-26-19)27-18(28)12-30-20(29)16-5-2-1-4-15(16)13-7-9-14(10-8-13)21(23,24)25/h1-11H,12H2,(H,27,28). The smallest absolute Gasteiger partial charge is 0.416 e. The topological polar surface area (TPSA) is 68.3 Å². The third-order valence-electron chi connectivity index (χ3n) is 4.04. The quantitative estimate of drug-likeness (QED) is 0.442. The van der Waals surface area contributed by atoms with E-state index in [4.69, 9.17) is 16.3 Å². The number of carbonyl (C=O) groups is 2. The van der Waals surface area contributed by atoms with E-state index in [1.54, 1.807) is 24.3 Å². The van der Waals surface area contributed by atoms with Gasteiger partial charge >= 0.3 is 12.1 Å². The number of amides is 1. The van der Waals surface area contributed by atoms with Crippen LogP contribution in [-0.4, -0.2) is 23.5 Å². The molecule has 5 nitrogen and oxygen atoms in total. The molecule has 154 valence electrons. The van der Waals surface area contributed by atoms with Crippen LogP contribution >= 0.6 is 11.6 Å². The van der Waals surface area contributed by atoms with E-state index in [1.807, 2.05) is 0 Å². The molecule has 0 saturated heterocycles. The molecule has 2 aromatic carbocycles. The summed E-state index contributed by atoms with van der Waals surface area (Å²) in [5.74, 6) is -1.41. The number of pyridine rings is 1. The summed E-state index contributed by atoms with van der Waals surface area (Å²) in [6, 6.07) is 13.8. The molecule has 3 rings (SSSR count). The molecular weight excluding hydrogens is 421 g/mol. The number of alkyl halides is 3. The van der Waals surface area contributed by atoms with Gasteiger partial charge in [-0.25, -0.2) is 9.78 Å². The Morgan fingerprint density at radius 1 is 1.00 bits per heavy atom. The van der Waals surface area contributed by atoms with Crippen molar-refractivity contribution in [2.45, 2.75) is 6.18 Å². The predicted molar refractivity (Wildman–Crippen MR) is 105 cm³/mol. The van der Waals surface area contributed by atoms with Crippen LogP contribution in [0, 0.1) is 0 Å². The van der Waals surface area contributed by atoms with Crippen LogP contribution in [0.25, 0.3) is 11.1 Å². The molecule has 0 aliphatic carbocycles. The van der Waals surface area contributed by atoms with Gasteiger partial charge < -0.3 is 10.1 Å². The fourth-order valence-corrected chi connectivity index (χ4v) is 2.79. The van der Waals surface area contributed by atoms with Gasteiger partial charge in [-0.2, -0.15) is 13.2 Å². The van der Waals surface area contributed by atoms with Gasteiger partial charge in [0.1, 0.15) is 0 Å². The van der Waals surface area contributed by atoms with Gasteiger partial charge in [0.2, 0.25) is 0 Å². The van der Waals surface area contributed by atoms with Gasteiger partial charge in [-0.15, -0.1) is 0 Å². The Morgan fingerprint density at radius 3 is 2.37 bits per heavy atom. The van der Waals surface area contributed by atoms with Crippen molar-refractivity contribution < 1.29 is 27.5 Å². The number of nitrogens with zero attached hydrogens (tertiary/aromatic N) is 1. The Balaban J connectivity index is 1.71. The first-order valence-corrected chi connectivity index (χ1v) is 8.97. The van der Waals surface area contributed by atoms with E-state index >= 15 is 0 Å². The SMILES string of the molecule is O=C(COC(=O)c1ccccc1-c1ccc(C(F)(F)F)cc1)Nc1cccnc1Cl. The molecule has 0 atom stereocenters. The lowest BCUT2D eigenvalue weighted by Crippen LogP contribution is -2.21. The molecule has 1 heterocycles. The summed E-state index contributed by atoms with van der Waals surface area (Å²) < 4.78 is 43.3. The number of hydrogen-bond donors (Lipinski definition) is 1. The number of anilines is 1. The largest absolute Gasteiger partial charge is 0.452 e. The number of rotatable bonds is 5. The summed E-state index contributed by atoms with van der Waals surface area (Å²) in [5, 5.41) is 2.55. The van der Waals surface area contributed by atoms with Crippen molar-refractivity contribution in [3.63, 3.8) is 0 Å². The molecule has 0 aliphatic rings. The fourth-order valence-electron chi connectivity index (χ4n) is 2.63. The number of carbonyl (C=O) groups excluding carboxylic acids is 2. The van der Waals surface area contributed by atoms with E-state index in [0.717, 1.165) is 12.1 Å². The summed E-state index contributed by atoms with van der Waals surface area (Å²) in [7, 11) is 0. The molecule has 0 aliphatic heterocycles. The van der Waals surface area contributed by atoms with E-state index in [1.165, 1.54) is 30.5 Å². The summed E-state index contributed by atoms with van der Waals surface area (Å²) >= 11 is 5.85. The third-order valence-corrected chi connectivity index (χ3v) is 4.34. The van der Waals surface area contributed by atoms with Crippen LogP contribution in [0.2, 0.25) is 5.15 Å². The highest BCUT2D eigenvalue weighted by atomic mass is 35.5. The van der Waals surface area contributed by atoms with Gasteiger partial charge in [-0.3, -0.25) is 4.79 Å². The van der Waals surface area contributed by atoms with Crippen LogP contribution in [-0.2, 0) is 15.7 Å². The van der Waals surface area contributed by atoms with Crippen molar-refractivity contribution in [1.29, 1.82) is 0 Å². The summed E-state index contributed by atoms with van der Waals surface area (Å²) in [6.07, 6.45) is -3.00. The fraction of sp³-hybridized carbons (Fsp3) is 0.0952. The minimum absolute atomic E-state index is 0.0878. The van der Waals surface area contributed by atoms with Crippen LogP contribution in [0.5, 0.6) is 0 Å². The van der Waals surface area contributed by atoms with Gasteiger partial charge in [-0.1, -0.05) is 41.9 Å². The van der Waals surface area contributed by atoms with Gasteiger partial charge in [0.05, 0.1) is 16.8 Å². The molecule has 0 spiro atoms. The highest BCUT2D eigenvalue weighted by molar-refractivity contribution is 6.32. The van der Waals surface area contributed by atoms with Crippen LogP contribution < -0.4 is 5.32 Å². The monoisotopic (exact) mass is 434 g/mol. The third kappa shape index (κ3) is 5.15. The number of hydrogen-bond acceptors (Lipinski definition) is 4. The second-order valence-corrected chi connectivity index (χ2v) is 6.44. The van der Waals surface area contributed by atoms with Crippen LogP contribution in [0.1, 0.15) is 15.9 Å². The minimum atomic E-state index is -4.46. The summed E-state index contributed by atoms with van der Waals surface area (Å²) in [5.41, 5.74) is 0.376. The minimum Gasteiger partial charge on any atom is -0.452 e. The van der Waals surface area contributed by atoms with Gasteiger partial charge in [0.25, 0.3) is 5.91 Å². The van der Waals surface area contributed by atoms with Gasteiger partial charge in [0, 0.05) is 6.20 Å². The molecule has 0 unspecified atom stereocenters. The highest BCUT2D eigenvalue weighted by Gasteiger charge is 2.30. The van der Waals surface area contributed by atoms with Crippen LogP contribution in [0.4, 0.5) is 18.9 Å². The average molecular weight is 435 g/mol. The number of halogens is 4. The lowest BCUT2D eigenvalue weighted by atomic mass is 9.98. The zero-order valence-corrected chi connectivity index (χ0v) is 16.0. The Bertz CT molecular complexity index is 1070. The summed E-state index contributed by atoms with van der Waals surface area (Å²) in [4.78, 5) is 28.3. The van der Waals surface area contributed by atoms with Crippen LogP contribution in [0.15, 0.2) is 66.9 Å². The predicted octanol–water partition coefficient (Wildman–Crippen LogP) is 5.22. The number of aromatic nitrogens is 1. The second-order valence-electron chi connectivity index (χ2n) is 6.09. The first-order chi connectivity index (χ1) is 14.3. The Morgan fingerprint density at radius 2 is 1.70 bits per heavy atom. The summed E-state index contributed by atoms with van der Waals surface area (Å²) in [6.45, 7) is -0.578. The maximum atomic E-state index is 12.8. The molecule has 9 heteroatoms. The first kappa shape index (κ1) is 21.3. The lowest BCUT2D eigenvalue weighted by molar-refractivity contribution is -0.137. The lowest BCUT2D eigenvalue weighted by Gasteiger charge is -2.12. The van der Waals surface area contributed by atoms with Crippen molar-refractivity contribution in [1.82, 2.24) is 4.98 Å². The molecular formula is C21H14ClF3N2O3. The first-order valence-electron chi connectivity index (χ1n) is 8.60. The molecule has 0 radical (unpaired) electrons. The number of ether oxygens (including phenoxy) is 1. The zero-order chi connectivity index (χ0) is 21.7. The number of nitrogens with one attached hydrogen (secondary N) is 1. The van der Waals surface area contributed by atoms with E-state index in [-0.39, 0.29) is 16.4 Å². The maximum absolute atomic E-state index is 12.8. The van der Waals surface area contributed by atoms with E-state index in [9.17, 15) is 22.8 Å². The molecule has 30 heavy (non-hydrogen) atoms. The Labute approximate surface area is 174 Å². The van der Waals surface area contributed by atoms with E-state index in [2.05, 4.69) is 10.3 Å². The molecule has 1 amide bonds. The molecule has 1 N–H and O–H groups in total. The van der Waals surface area contributed by atoms with Crippen molar-refractivity contribution in [2.24, 2.45) is 0 Å². The maximum Gasteiger partial charge on any atom is 0.416 e. The van der Waals surface area contributed by atoms with E-state index in [0.29, 0.717) is 11.1 Å². The zero-order valence-electron chi connectivity index (χ0n) is 15.2. The second kappa shape index (κ2) is 8.96. The van der Waals surface area contributed by atoms with Crippen LogP contribution in [0.3, 0.4) is 0 Å². The average Bonchev–Trinajstić information content (AvgIpc) is 2.73. The molecule has 0 fully saturated rings. The number of esters is 1. The van der Waals surface area contributed by atoms with E-state index < -0.39 is 30.2 Å². The Hall–Kier alpha value is -3.39. The molecule has 0 bridgehead atoms. The van der Waals surface area contributed by atoms with Crippen molar-refractivity contribution in [2.75, 3.05) is 11.9 Å².